The molecule has 0 spiro atoms. The first-order valence-electron chi connectivity index (χ1n) is 11.7. The molecule has 2 heterocycles. The van der Waals surface area contributed by atoms with Crippen molar-refractivity contribution in [1.29, 1.82) is 0 Å². The lowest BCUT2D eigenvalue weighted by Gasteiger charge is -2.36. The molecule has 0 saturated carbocycles. The molecule has 1 fully saturated rings. The van der Waals surface area contributed by atoms with Gasteiger partial charge in [-0.05, 0) is 55.4 Å². The number of urea groups is 1. The first-order chi connectivity index (χ1) is 17.1. The second-order valence-corrected chi connectivity index (χ2v) is 8.73. The van der Waals surface area contributed by atoms with E-state index >= 15 is 0 Å². The largest absolute Gasteiger partial charge is 0.369 e. The lowest BCUT2D eigenvalue weighted by molar-refractivity contribution is 0.102. The molecule has 0 radical (unpaired) electrons. The van der Waals surface area contributed by atoms with Crippen molar-refractivity contribution in [3.05, 3.63) is 83.5 Å². The molecule has 35 heavy (non-hydrogen) atoms. The normalized spacial score (nSPS) is 13.8. The Hall–Kier alpha value is -3.62. The van der Waals surface area contributed by atoms with Crippen LogP contribution in [0.1, 0.15) is 16.8 Å². The Bertz CT molecular complexity index is 1120. The molecule has 1 saturated heterocycles. The van der Waals surface area contributed by atoms with Crippen LogP contribution in [0.2, 0.25) is 5.02 Å². The van der Waals surface area contributed by atoms with Crippen molar-refractivity contribution >= 4 is 40.7 Å². The summed E-state index contributed by atoms with van der Waals surface area (Å²) in [6, 6.07) is 20.2. The number of piperazine rings is 1. The van der Waals surface area contributed by atoms with E-state index in [2.05, 4.69) is 55.0 Å². The molecule has 9 heteroatoms. The van der Waals surface area contributed by atoms with Gasteiger partial charge < -0.3 is 20.9 Å². The number of rotatable bonds is 8. The molecular weight excluding hydrogens is 464 g/mol. The fraction of sp³-hybridized carbons (Fsp3) is 0.269. The van der Waals surface area contributed by atoms with E-state index in [0.717, 1.165) is 39.1 Å². The van der Waals surface area contributed by atoms with Crippen LogP contribution in [0.3, 0.4) is 0 Å². The maximum Gasteiger partial charge on any atom is 0.319 e. The summed E-state index contributed by atoms with van der Waals surface area (Å²) >= 11 is 5.82. The van der Waals surface area contributed by atoms with Crippen LogP contribution in [0.4, 0.5) is 22.0 Å². The number of halogens is 1. The van der Waals surface area contributed by atoms with Gasteiger partial charge in [-0.25, -0.2) is 9.78 Å². The fourth-order valence-corrected chi connectivity index (χ4v) is 4.04. The topological polar surface area (TPSA) is 89.6 Å². The quantitative estimate of drug-likeness (QED) is 0.407. The highest BCUT2D eigenvalue weighted by atomic mass is 35.5. The van der Waals surface area contributed by atoms with Crippen molar-refractivity contribution in [3.8, 4) is 0 Å². The van der Waals surface area contributed by atoms with Crippen molar-refractivity contribution in [3.63, 3.8) is 0 Å². The number of pyridine rings is 1. The number of aromatic nitrogens is 1. The minimum atomic E-state index is -0.323. The summed E-state index contributed by atoms with van der Waals surface area (Å²) in [5.41, 5.74) is 2.22. The Kier molecular flexibility index (Phi) is 8.53. The smallest absolute Gasteiger partial charge is 0.319 e. The predicted molar refractivity (Wildman–Crippen MR) is 140 cm³/mol. The van der Waals surface area contributed by atoms with Crippen molar-refractivity contribution in [2.24, 2.45) is 0 Å². The van der Waals surface area contributed by atoms with Gasteiger partial charge in [0, 0.05) is 55.9 Å². The van der Waals surface area contributed by atoms with E-state index in [9.17, 15) is 9.59 Å². The summed E-state index contributed by atoms with van der Waals surface area (Å²) in [4.78, 5) is 33.7. The van der Waals surface area contributed by atoms with E-state index in [1.54, 1.807) is 36.4 Å². The average Bonchev–Trinajstić information content (AvgIpc) is 2.89. The van der Waals surface area contributed by atoms with Crippen LogP contribution >= 0.6 is 11.6 Å². The number of nitrogens with zero attached hydrogens (tertiary/aromatic N) is 3. The van der Waals surface area contributed by atoms with Gasteiger partial charge in [0.2, 0.25) is 0 Å². The fourth-order valence-electron chi connectivity index (χ4n) is 3.92. The number of anilines is 3. The predicted octanol–water partition coefficient (Wildman–Crippen LogP) is 4.32. The van der Waals surface area contributed by atoms with E-state index in [0.29, 0.717) is 28.6 Å². The third kappa shape index (κ3) is 7.43. The number of hydrogen-bond donors (Lipinski definition) is 3. The van der Waals surface area contributed by atoms with Crippen LogP contribution in [0.25, 0.3) is 0 Å². The number of hydrogen-bond acceptors (Lipinski definition) is 5. The molecule has 0 bridgehead atoms. The maximum atomic E-state index is 12.5. The Labute approximate surface area is 210 Å². The summed E-state index contributed by atoms with van der Waals surface area (Å²) in [6.45, 7) is 5.57. The third-order valence-electron chi connectivity index (χ3n) is 5.78. The van der Waals surface area contributed by atoms with Crippen LogP contribution in [-0.4, -0.2) is 61.1 Å². The number of benzene rings is 2. The minimum Gasteiger partial charge on any atom is -0.369 e. The lowest BCUT2D eigenvalue weighted by atomic mass is 10.2. The van der Waals surface area contributed by atoms with Crippen molar-refractivity contribution < 1.29 is 9.59 Å². The second-order valence-electron chi connectivity index (χ2n) is 8.30. The van der Waals surface area contributed by atoms with Gasteiger partial charge in [0.1, 0.15) is 5.82 Å². The van der Waals surface area contributed by atoms with Gasteiger partial charge in [0.05, 0.1) is 5.02 Å². The molecule has 0 unspecified atom stereocenters. The molecule has 1 aliphatic rings. The highest BCUT2D eigenvalue weighted by Gasteiger charge is 2.16. The highest BCUT2D eigenvalue weighted by Crippen LogP contribution is 2.16. The van der Waals surface area contributed by atoms with E-state index in [4.69, 9.17) is 11.6 Å². The first-order valence-corrected chi connectivity index (χ1v) is 12.0. The number of para-hydroxylation sites is 1. The Balaban J connectivity index is 1.15. The number of nitrogens with one attached hydrogen (secondary N) is 3. The highest BCUT2D eigenvalue weighted by molar-refractivity contribution is 6.30. The standard InChI is InChI=1S/C26H29ClN6O2/c27-21-10-11-24(29-19-21)31-25(34)20-6-4-7-22(18-20)30-26(35)28-12-5-13-32-14-16-33(17-15-32)23-8-2-1-3-9-23/h1-4,6-11,18-19H,5,12-17H2,(H2,28,30,35)(H,29,31,34). The van der Waals surface area contributed by atoms with Crippen LogP contribution in [-0.2, 0) is 0 Å². The summed E-state index contributed by atoms with van der Waals surface area (Å²) in [6.07, 6.45) is 2.33. The number of carbonyl (C=O) groups excluding carboxylic acids is 2. The second kappa shape index (κ2) is 12.2. The van der Waals surface area contributed by atoms with Crippen molar-refractivity contribution in [2.45, 2.75) is 6.42 Å². The van der Waals surface area contributed by atoms with Gasteiger partial charge in [0.25, 0.3) is 5.91 Å². The maximum absolute atomic E-state index is 12.5. The third-order valence-corrected chi connectivity index (χ3v) is 6.01. The van der Waals surface area contributed by atoms with Gasteiger partial charge >= 0.3 is 6.03 Å². The molecule has 2 aromatic carbocycles. The van der Waals surface area contributed by atoms with Crippen LogP contribution in [0.15, 0.2) is 72.9 Å². The van der Waals surface area contributed by atoms with E-state index in [1.165, 1.54) is 11.9 Å². The van der Waals surface area contributed by atoms with Crippen molar-refractivity contribution in [2.75, 3.05) is 54.8 Å². The van der Waals surface area contributed by atoms with Crippen LogP contribution in [0.5, 0.6) is 0 Å². The molecule has 3 aromatic rings. The molecule has 1 aliphatic heterocycles. The lowest BCUT2D eigenvalue weighted by Crippen LogP contribution is -2.47. The van der Waals surface area contributed by atoms with Crippen LogP contribution in [0, 0.1) is 0 Å². The van der Waals surface area contributed by atoms with E-state index < -0.39 is 0 Å². The molecule has 0 atom stereocenters. The van der Waals surface area contributed by atoms with Gasteiger partial charge in [-0.3, -0.25) is 9.69 Å². The zero-order valence-electron chi connectivity index (χ0n) is 19.4. The van der Waals surface area contributed by atoms with Gasteiger partial charge in [-0.15, -0.1) is 0 Å². The van der Waals surface area contributed by atoms with Gasteiger partial charge in [-0.2, -0.15) is 0 Å². The SMILES string of the molecule is O=C(NCCCN1CCN(c2ccccc2)CC1)Nc1cccc(C(=O)Nc2ccc(Cl)cn2)c1. The zero-order valence-corrected chi connectivity index (χ0v) is 20.2. The Morgan fingerprint density at radius 3 is 2.46 bits per heavy atom. The van der Waals surface area contributed by atoms with E-state index in [-0.39, 0.29) is 11.9 Å². The minimum absolute atomic E-state index is 0.296. The monoisotopic (exact) mass is 492 g/mol. The molecule has 8 nitrogen and oxygen atoms in total. The summed E-state index contributed by atoms with van der Waals surface area (Å²) in [5, 5.41) is 8.87. The molecule has 0 aliphatic carbocycles. The molecule has 3 amide bonds. The molecule has 182 valence electrons. The molecular formula is C26H29ClN6O2. The summed E-state index contributed by atoms with van der Waals surface area (Å²) in [7, 11) is 0. The zero-order chi connectivity index (χ0) is 24.5. The molecule has 1 aromatic heterocycles. The van der Waals surface area contributed by atoms with Crippen molar-refractivity contribution in [1.82, 2.24) is 15.2 Å². The first kappa shape index (κ1) is 24.5. The summed E-state index contributed by atoms with van der Waals surface area (Å²) in [5.74, 6) is 0.0771. The van der Waals surface area contributed by atoms with Gasteiger partial charge in [0.15, 0.2) is 0 Å². The van der Waals surface area contributed by atoms with Crippen LogP contribution < -0.4 is 20.9 Å². The Morgan fingerprint density at radius 1 is 0.914 bits per heavy atom. The molecule has 3 N–H and O–H groups in total. The Morgan fingerprint density at radius 2 is 1.71 bits per heavy atom. The van der Waals surface area contributed by atoms with E-state index in [1.807, 2.05) is 6.07 Å². The number of carbonyl (C=O) groups is 2. The number of amides is 3. The average molecular weight is 493 g/mol. The molecule has 4 rings (SSSR count). The summed E-state index contributed by atoms with van der Waals surface area (Å²) < 4.78 is 0. The van der Waals surface area contributed by atoms with Gasteiger partial charge in [-0.1, -0.05) is 35.9 Å².